The number of hydrogen-bond acceptors (Lipinski definition) is 7. The Bertz CT molecular complexity index is 1080. The molecule has 1 aliphatic heterocycles. The average molecular weight is 528 g/mol. The zero-order chi connectivity index (χ0) is 26.5. The van der Waals surface area contributed by atoms with Crippen LogP contribution in [0, 0.1) is 0 Å². The van der Waals surface area contributed by atoms with Gasteiger partial charge < -0.3 is 34.8 Å². The molecule has 1 heterocycles. The highest BCUT2D eigenvalue weighted by atomic mass is 35.5. The Labute approximate surface area is 213 Å². The summed E-state index contributed by atoms with van der Waals surface area (Å²) in [6.45, 7) is 1.59. The van der Waals surface area contributed by atoms with Gasteiger partial charge in [0.25, 0.3) is 12.3 Å². The lowest BCUT2D eigenvalue weighted by molar-refractivity contribution is -0.274. The molecule has 0 fully saturated rings. The maximum absolute atomic E-state index is 13.0. The van der Waals surface area contributed by atoms with Crippen LogP contribution in [0.4, 0.5) is 13.2 Å². The number of likely N-dealkylation sites (N-methyl/N-ethyl adjacent to an activating group) is 3. The standard InChI is InChI=1S/C24H29ClF3N5O3/c1-29-22(34)20-21(32(4)13-12-31(2)3)30-23(33(20)15-16-8-10-17(25)11-9-16)35-18-6-5-7-19(14-18)36-24(26,27)28/h5-11,14,23,30H,12-13,15H2,1-4H3,(H,29,34). The van der Waals surface area contributed by atoms with Crippen molar-refractivity contribution in [2.45, 2.75) is 19.3 Å². The molecular weight excluding hydrogens is 499 g/mol. The first-order valence-electron chi connectivity index (χ1n) is 11.1. The second-order valence-electron chi connectivity index (χ2n) is 8.39. The van der Waals surface area contributed by atoms with Crippen molar-refractivity contribution in [3.05, 3.63) is 70.6 Å². The van der Waals surface area contributed by atoms with Gasteiger partial charge in [0.05, 0.1) is 0 Å². The van der Waals surface area contributed by atoms with Gasteiger partial charge in [0, 0.05) is 44.8 Å². The van der Waals surface area contributed by atoms with Gasteiger partial charge in [-0.05, 0) is 43.9 Å². The van der Waals surface area contributed by atoms with E-state index in [9.17, 15) is 18.0 Å². The van der Waals surface area contributed by atoms with Crippen molar-refractivity contribution in [3.63, 3.8) is 0 Å². The van der Waals surface area contributed by atoms with Gasteiger partial charge in [0.15, 0.2) is 0 Å². The summed E-state index contributed by atoms with van der Waals surface area (Å²) in [5.74, 6) is -0.102. The third kappa shape index (κ3) is 7.34. The molecule has 8 nitrogen and oxygen atoms in total. The quantitative estimate of drug-likeness (QED) is 0.491. The maximum atomic E-state index is 13.0. The molecule has 0 radical (unpaired) electrons. The molecule has 1 amide bonds. The number of benzene rings is 2. The number of hydrogen-bond donors (Lipinski definition) is 2. The van der Waals surface area contributed by atoms with Gasteiger partial charge in [-0.2, -0.15) is 0 Å². The zero-order valence-electron chi connectivity index (χ0n) is 20.4. The predicted molar refractivity (Wildman–Crippen MR) is 130 cm³/mol. The number of rotatable bonds is 10. The molecule has 36 heavy (non-hydrogen) atoms. The van der Waals surface area contributed by atoms with Crippen LogP contribution in [-0.2, 0) is 11.3 Å². The number of nitrogens with zero attached hydrogens (tertiary/aromatic N) is 3. The molecule has 0 aromatic heterocycles. The van der Waals surface area contributed by atoms with E-state index in [2.05, 4.69) is 15.4 Å². The number of amides is 1. The average Bonchev–Trinajstić information content (AvgIpc) is 3.15. The highest BCUT2D eigenvalue weighted by Gasteiger charge is 2.38. The van der Waals surface area contributed by atoms with E-state index in [0.29, 0.717) is 23.1 Å². The van der Waals surface area contributed by atoms with E-state index in [1.54, 1.807) is 17.0 Å². The lowest BCUT2D eigenvalue weighted by Crippen LogP contribution is -2.44. The lowest BCUT2D eigenvalue weighted by Gasteiger charge is -2.28. The number of ether oxygens (including phenoxy) is 2. The molecule has 0 spiro atoms. The van der Waals surface area contributed by atoms with Crippen LogP contribution in [0.15, 0.2) is 60.0 Å². The molecule has 1 atom stereocenters. The third-order valence-electron chi connectivity index (χ3n) is 5.31. The number of alkyl halides is 3. The van der Waals surface area contributed by atoms with Gasteiger partial charge >= 0.3 is 6.36 Å². The molecule has 196 valence electrons. The maximum Gasteiger partial charge on any atom is 0.573 e. The summed E-state index contributed by atoms with van der Waals surface area (Å²) in [4.78, 5) is 18.6. The fourth-order valence-electron chi connectivity index (χ4n) is 3.54. The normalized spacial score (nSPS) is 15.7. The largest absolute Gasteiger partial charge is 0.573 e. The van der Waals surface area contributed by atoms with Gasteiger partial charge in [-0.15, -0.1) is 13.2 Å². The van der Waals surface area contributed by atoms with Crippen molar-refractivity contribution in [1.29, 1.82) is 0 Å². The summed E-state index contributed by atoms with van der Waals surface area (Å²) in [5, 5.41) is 6.45. The third-order valence-corrected chi connectivity index (χ3v) is 5.57. The van der Waals surface area contributed by atoms with Crippen molar-refractivity contribution >= 4 is 17.5 Å². The van der Waals surface area contributed by atoms with E-state index in [4.69, 9.17) is 16.3 Å². The molecule has 2 N–H and O–H groups in total. The van der Waals surface area contributed by atoms with Crippen molar-refractivity contribution in [2.75, 3.05) is 41.3 Å². The van der Waals surface area contributed by atoms with E-state index >= 15 is 0 Å². The minimum absolute atomic E-state index is 0.129. The first-order valence-corrected chi connectivity index (χ1v) is 11.5. The second kappa shape index (κ2) is 11.6. The van der Waals surface area contributed by atoms with E-state index in [-0.39, 0.29) is 18.2 Å². The van der Waals surface area contributed by atoms with Gasteiger partial charge in [-0.25, -0.2) is 0 Å². The van der Waals surface area contributed by atoms with E-state index in [1.807, 2.05) is 43.1 Å². The van der Waals surface area contributed by atoms with Crippen LogP contribution in [-0.4, -0.2) is 74.6 Å². The molecule has 1 aliphatic rings. The molecule has 2 aromatic carbocycles. The highest BCUT2D eigenvalue weighted by molar-refractivity contribution is 6.30. The Balaban J connectivity index is 1.95. The van der Waals surface area contributed by atoms with Crippen molar-refractivity contribution in [2.24, 2.45) is 0 Å². The summed E-state index contributed by atoms with van der Waals surface area (Å²) in [5.41, 5.74) is 1.18. The van der Waals surface area contributed by atoms with Crippen LogP contribution < -0.4 is 20.1 Å². The first kappa shape index (κ1) is 27.3. The van der Waals surface area contributed by atoms with Gasteiger partial charge in [-0.1, -0.05) is 29.8 Å². The molecule has 0 saturated carbocycles. The summed E-state index contributed by atoms with van der Waals surface area (Å²) in [7, 11) is 7.26. The van der Waals surface area contributed by atoms with Gasteiger partial charge in [-0.3, -0.25) is 4.79 Å². The topological polar surface area (TPSA) is 69.3 Å². The Morgan fingerprint density at radius 2 is 1.78 bits per heavy atom. The highest BCUT2D eigenvalue weighted by Crippen LogP contribution is 2.30. The molecular formula is C24H29ClF3N5O3. The molecule has 1 unspecified atom stereocenters. The van der Waals surface area contributed by atoms with E-state index in [1.165, 1.54) is 25.2 Å². The van der Waals surface area contributed by atoms with E-state index < -0.39 is 18.5 Å². The van der Waals surface area contributed by atoms with Gasteiger partial charge in [0.2, 0.25) is 0 Å². The van der Waals surface area contributed by atoms with Crippen molar-refractivity contribution in [1.82, 2.24) is 25.3 Å². The molecule has 0 bridgehead atoms. The number of halogens is 4. The monoisotopic (exact) mass is 527 g/mol. The predicted octanol–water partition coefficient (Wildman–Crippen LogP) is 3.41. The van der Waals surface area contributed by atoms with Crippen LogP contribution in [0.1, 0.15) is 5.56 Å². The van der Waals surface area contributed by atoms with Crippen LogP contribution >= 0.6 is 11.6 Å². The Morgan fingerprint density at radius 1 is 1.11 bits per heavy atom. The van der Waals surface area contributed by atoms with Crippen LogP contribution in [0.5, 0.6) is 11.5 Å². The Morgan fingerprint density at radius 3 is 2.39 bits per heavy atom. The summed E-state index contributed by atoms with van der Waals surface area (Å²) in [6, 6.07) is 12.4. The molecule has 2 aromatic rings. The fraction of sp³-hybridized carbons (Fsp3) is 0.375. The Hall–Kier alpha value is -3.31. The van der Waals surface area contributed by atoms with Gasteiger partial charge in [0.1, 0.15) is 23.0 Å². The minimum atomic E-state index is -4.83. The fourth-order valence-corrected chi connectivity index (χ4v) is 3.67. The number of carbonyl (C=O) groups excluding carboxylic acids is 1. The molecule has 0 aliphatic carbocycles. The molecule has 0 saturated heterocycles. The van der Waals surface area contributed by atoms with Crippen molar-refractivity contribution in [3.8, 4) is 11.5 Å². The first-order chi connectivity index (χ1) is 17.0. The zero-order valence-corrected chi connectivity index (χ0v) is 21.2. The summed E-state index contributed by atoms with van der Waals surface area (Å²) >= 11 is 6.02. The minimum Gasteiger partial charge on any atom is -0.452 e. The SMILES string of the molecule is CNC(=O)C1=C(N(C)CCN(C)C)NC(Oc2cccc(OC(F)(F)F)c2)N1Cc1ccc(Cl)cc1. The second-order valence-corrected chi connectivity index (χ2v) is 8.83. The van der Waals surface area contributed by atoms with E-state index in [0.717, 1.165) is 18.2 Å². The smallest absolute Gasteiger partial charge is 0.452 e. The number of nitrogens with one attached hydrogen (secondary N) is 2. The van der Waals surface area contributed by atoms with Crippen molar-refractivity contribution < 1.29 is 27.4 Å². The Kier molecular flexibility index (Phi) is 8.80. The number of carbonyl (C=O) groups is 1. The van der Waals surface area contributed by atoms with Crippen LogP contribution in [0.2, 0.25) is 5.02 Å². The summed E-state index contributed by atoms with van der Waals surface area (Å²) < 4.78 is 48.2. The van der Waals surface area contributed by atoms with Crippen LogP contribution in [0.25, 0.3) is 0 Å². The molecule has 12 heteroatoms. The van der Waals surface area contributed by atoms with Crippen LogP contribution in [0.3, 0.4) is 0 Å². The summed E-state index contributed by atoms with van der Waals surface area (Å²) in [6.07, 6.45) is -5.73. The lowest BCUT2D eigenvalue weighted by atomic mass is 10.2. The molecule has 3 rings (SSSR count).